The zero-order valence-corrected chi connectivity index (χ0v) is 30.0. The van der Waals surface area contributed by atoms with E-state index in [1.165, 1.54) is 90.9 Å². The van der Waals surface area contributed by atoms with Gasteiger partial charge in [-0.2, -0.15) is 0 Å². The molecular formula is C52H30OS. The number of hydrogen-bond donors (Lipinski definition) is 0. The van der Waals surface area contributed by atoms with Crippen molar-refractivity contribution in [2.75, 3.05) is 0 Å². The lowest BCUT2D eigenvalue weighted by molar-refractivity contribution is 0.674. The first-order chi connectivity index (χ1) is 26.8. The Labute approximate surface area is 314 Å². The average molecular weight is 703 g/mol. The maximum Gasteiger partial charge on any atom is 0.144 e. The summed E-state index contributed by atoms with van der Waals surface area (Å²) in [5.41, 5.74) is 9.13. The lowest BCUT2D eigenvalue weighted by Gasteiger charge is -2.19. The summed E-state index contributed by atoms with van der Waals surface area (Å²) in [6, 6.07) is 66.7. The molecule has 1 nitrogen and oxygen atoms in total. The molecule has 12 rings (SSSR count). The predicted molar refractivity (Wildman–Crippen MR) is 233 cm³/mol. The second kappa shape index (κ2) is 11.4. The second-order valence-electron chi connectivity index (χ2n) is 14.3. The fourth-order valence-electron chi connectivity index (χ4n) is 9.12. The van der Waals surface area contributed by atoms with Crippen LogP contribution in [0.1, 0.15) is 0 Å². The number of rotatable bonds is 3. The quantitative estimate of drug-likeness (QED) is 0.167. The van der Waals surface area contributed by atoms with E-state index in [-0.39, 0.29) is 0 Å². The smallest absolute Gasteiger partial charge is 0.144 e. The van der Waals surface area contributed by atoms with E-state index >= 15 is 0 Å². The fourth-order valence-corrected chi connectivity index (χ4v) is 10.2. The first-order valence-corrected chi connectivity index (χ1v) is 19.3. The monoisotopic (exact) mass is 702 g/mol. The van der Waals surface area contributed by atoms with Gasteiger partial charge in [0.2, 0.25) is 0 Å². The van der Waals surface area contributed by atoms with E-state index in [1.807, 2.05) is 11.3 Å². The molecule has 0 fully saturated rings. The molecule has 2 aromatic heterocycles. The van der Waals surface area contributed by atoms with Crippen molar-refractivity contribution >= 4 is 96.5 Å². The molecule has 250 valence electrons. The summed E-state index contributed by atoms with van der Waals surface area (Å²) in [5.74, 6) is 0. The van der Waals surface area contributed by atoms with Gasteiger partial charge in [-0.25, -0.2) is 0 Å². The Balaban J connectivity index is 1.15. The van der Waals surface area contributed by atoms with Crippen molar-refractivity contribution in [3.05, 3.63) is 182 Å². The molecule has 0 aliphatic carbocycles. The molecule has 0 aliphatic rings. The normalized spacial score (nSPS) is 12.1. The molecule has 2 heteroatoms. The molecular weight excluding hydrogens is 673 g/mol. The Morgan fingerprint density at radius 3 is 1.69 bits per heavy atom. The molecule has 0 unspecified atom stereocenters. The topological polar surface area (TPSA) is 13.1 Å². The Morgan fingerprint density at radius 1 is 0.315 bits per heavy atom. The van der Waals surface area contributed by atoms with Crippen LogP contribution in [-0.2, 0) is 0 Å². The highest BCUT2D eigenvalue weighted by atomic mass is 32.1. The number of hydrogen-bond acceptors (Lipinski definition) is 2. The van der Waals surface area contributed by atoms with Crippen LogP contribution in [-0.4, -0.2) is 0 Å². The molecule has 10 aromatic carbocycles. The van der Waals surface area contributed by atoms with Crippen molar-refractivity contribution in [1.29, 1.82) is 0 Å². The van der Waals surface area contributed by atoms with Crippen molar-refractivity contribution in [2.45, 2.75) is 0 Å². The summed E-state index contributed by atoms with van der Waals surface area (Å²) in [5, 5.41) is 14.7. The molecule has 54 heavy (non-hydrogen) atoms. The second-order valence-corrected chi connectivity index (χ2v) is 15.4. The summed E-state index contributed by atoms with van der Waals surface area (Å²) in [6.45, 7) is 0. The van der Waals surface area contributed by atoms with Gasteiger partial charge in [0.05, 0.1) is 0 Å². The highest BCUT2D eigenvalue weighted by molar-refractivity contribution is 7.26. The number of benzene rings is 10. The van der Waals surface area contributed by atoms with Crippen LogP contribution < -0.4 is 0 Å². The number of fused-ring (bicyclic) bond motifs is 12. The third kappa shape index (κ3) is 4.20. The Hall–Kier alpha value is -6.74. The van der Waals surface area contributed by atoms with Crippen LogP contribution in [0.3, 0.4) is 0 Å². The molecule has 0 atom stereocenters. The van der Waals surface area contributed by atoms with Gasteiger partial charge < -0.3 is 4.42 Å². The third-order valence-corrected chi connectivity index (χ3v) is 12.6. The lowest BCUT2D eigenvalue weighted by Crippen LogP contribution is -1.92. The van der Waals surface area contributed by atoms with Crippen LogP contribution in [0.15, 0.2) is 186 Å². The molecule has 0 saturated heterocycles. The van der Waals surface area contributed by atoms with Gasteiger partial charge in [-0.05, 0) is 101 Å². The Bertz CT molecular complexity index is 3450. The molecule has 0 radical (unpaired) electrons. The Morgan fingerprint density at radius 2 is 0.907 bits per heavy atom. The molecule has 0 aliphatic heterocycles. The van der Waals surface area contributed by atoms with E-state index in [4.69, 9.17) is 4.42 Å². The molecule has 0 spiro atoms. The standard InChI is InChI=1S/C52H30OS/c1-3-18-35-31(13-1)15-12-25-37(35)48-40-22-7-5-20-38(40)47(39-21-6-8-23-41(39)48)34-17-11-16-32(29-34)44-30-33-14-2-4-19-36(33)49-43-27-28-46-50(51(43)53-52(44)49)42-24-9-10-26-45(42)54-46/h1-30H. The molecule has 12 aromatic rings. The van der Waals surface area contributed by atoms with Gasteiger partial charge in [0.1, 0.15) is 11.2 Å². The first kappa shape index (κ1) is 29.8. The van der Waals surface area contributed by atoms with Gasteiger partial charge in [-0.1, -0.05) is 152 Å². The van der Waals surface area contributed by atoms with Gasteiger partial charge in [-0.3, -0.25) is 0 Å². The number of furan rings is 1. The van der Waals surface area contributed by atoms with Crippen molar-refractivity contribution in [3.8, 4) is 33.4 Å². The largest absolute Gasteiger partial charge is 0.455 e. The predicted octanol–water partition coefficient (Wildman–Crippen LogP) is 15.6. The minimum absolute atomic E-state index is 0.935. The summed E-state index contributed by atoms with van der Waals surface area (Å²) in [7, 11) is 0. The summed E-state index contributed by atoms with van der Waals surface area (Å²) in [4.78, 5) is 0. The lowest BCUT2D eigenvalue weighted by atomic mass is 9.84. The van der Waals surface area contributed by atoms with Crippen molar-refractivity contribution < 1.29 is 4.42 Å². The van der Waals surface area contributed by atoms with Crippen LogP contribution in [0.4, 0.5) is 0 Å². The summed E-state index contributed by atoms with van der Waals surface area (Å²) >= 11 is 1.83. The molecule has 0 bridgehead atoms. The fraction of sp³-hybridized carbons (Fsp3) is 0. The first-order valence-electron chi connectivity index (χ1n) is 18.5. The molecule has 2 heterocycles. The number of thiophene rings is 1. The summed E-state index contributed by atoms with van der Waals surface area (Å²) in [6.07, 6.45) is 0. The zero-order chi connectivity index (χ0) is 35.3. The van der Waals surface area contributed by atoms with Crippen LogP contribution in [0.5, 0.6) is 0 Å². The SMILES string of the molecule is c1cc(-c2c3ccccc3c(-c3cccc4ccccc34)c3ccccc23)cc(-c2cc3ccccc3c3c2oc2c3ccc3sc4ccccc4c32)c1. The van der Waals surface area contributed by atoms with Crippen LogP contribution in [0, 0.1) is 0 Å². The van der Waals surface area contributed by atoms with Crippen LogP contribution in [0.25, 0.3) is 119 Å². The van der Waals surface area contributed by atoms with E-state index in [1.54, 1.807) is 0 Å². The maximum absolute atomic E-state index is 7.12. The molecule has 0 N–H and O–H groups in total. The van der Waals surface area contributed by atoms with E-state index in [0.29, 0.717) is 0 Å². The minimum atomic E-state index is 0.935. The molecule has 0 amide bonds. The van der Waals surface area contributed by atoms with Gasteiger partial charge in [0, 0.05) is 36.5 Å². The van der Waals surface area contributed by atoms with E-state index < -0.39 is 0 Å². The van der Waals surface area contributed by atoms with E-state index in [2.05, 4.69) is 182 Å². The van der Waals surface area contributed by atoms with Crippen molar-refractivity contribution in [3.63, 3.8) is 0 Å². The highest BCUT2D eigenvalue weighted by Crippen LogP contribution is 2.48. The molecule has 0 saturated carbocycles. The van der Waals surface area contributed by atoms with Gasteiger partial charge in [-0.15, -0.1) is 11.3 Å². The van der Waals surface area contributed by atoms with Crippen molar-refractivity contribution in [2.24, 2.45) is 0 Å². The van der Waals surface area contributed by atoms with Crippen LogP contribution in [0.2, 0.25) is 0 Å². The van der Waals surface area contributed by atoms with Gasteiger partial charge >= 0.3 is 0 Å². The zero-order valence-electron chi connectivity index (χ0n) is 29.1. The Kier molecular flexibility index (Phi) is 6.28. The highest BCUT2D eigenvalue weighted by Gasteiger charge is 2.22. The maximum atomic E-state index is 7.12. The van der Waals surface area contributed by atoms with E-state index in [0.717, 1.165) is 27.7 Å². The summed E-state index contributed by atoms with van der Waals surface area (Å²) < 4.78 is 9.65. The van der Waals surface area contributed by atoms with Gasteiger partial charge in [0.15, 0.2) is 0 Å². The van der Waals surface area contributed by atoms with Crippen molar-refractivity contribution in [1.82, 2.24) is 0 Å². The average Bonchev–Trinajstić information content (AvgIpc) is 3.81. The third-order valence-electron chi connectivity index (χ3n) is 11.4. The minimum Gasteiger partial charge on any atom is -0.455 e. The van der Waals surface area contributed by atoms with E-state index in [9.17, 15) is 0 Å². The van der Waals surface area contributed by atoms with Gasteiger partial charge in [0.25, 0.3) is 0 Å². The van der Waals surface area contributed by atoms with Crippen LogP contribution >= 0.6 is 11.3 Å².